The van der Waals surface area contributed by atoms with Gasteiger partial charge in [-0.3, -0.25) is 4.79 Å². The fourth-order valence-corrected chi connectivity index (χ4v) is 5.59. The summed E-state index contributed by atoms with van der Waals surface area (Å²) < 4.78 is 8.79. The van der Waals surface area contributed by atoms with E-state index in [1.165, 1.54) is 47.0 Å². The van der Waals surface area contributed by atoms with Gasteiger partial charge in [0.05, 0.1) is 0 Å². The van der Waals surface area contributed by atoms with E-state index in [0.717, 1.165) is 31.7 Å². The van der Waals surface area contributed by atoms with E-state index in [2.05, 4.69) is 165 Å². The first-order valence-corrected chi connectivity index (χ1v) is 18.2. The largest absolute Gasteiger partial charge is 0.448 e. The molecule has 55 heavy (non-hydrogen) atoms. The number of nitrogens with zero attached hydrogens (tertiary/aromatic N) is 4. The normalized spacial score (nSPS) is 10.2. The first-order valence-electron chi connectivity index (χ1n) is 18.2. The average Bonchev–Trinajstić information content (AvgIpc) is 3.15. The minimum absolute atomic E-state index is 0.119. The number of rotatable bonds is 12. The number of amides is 1. The van der Waals surface area contributed by atoms with Gasteiger partial charge < -0.3 is 25.4 Å². The van der Waals surface area contributed by atoms with Gasteiger partial charge in [-0.1, -0.05) is 49.0 Å². The van der Waals surface area contributed by atoms with Crippen molar-refractivity contribution in [2.24, 2.45) is 0 Å². The molecule has 0 atom stereocenters. The van der Waals surface area contributed by atoms with E-state index in [4.69, 9.17) is 20.1 Å². The molecule has 0 aliphatic rings. The minimum Gasteiger partial charge on any atom is -0.427 e. The summed E-state index contributed by atoms with van der Waals surface area (Å²) in [6, 6.07) is 36.5. The Kier molecular flexibility index (Phi) is 16.6. The molecule has 0 radical (unpaired) electrons. The smallest absolute Gasteiger partial charge is 0.427 e. The van der Waals surface area contributed by atoms with Crippen molar-refractivity contribution in [3.63, 3.8) is 0 Å². The van der Waals surface area contributed by atoms with Crippen LogP contribution >= 0.6 is 0 Å². The van der Waals surface area contributed by atoms with Crippen LogP contribution in [-0.2, 0) is 37.5 Å². The zero-order chi connectivity index (χ0) is 39.6. The van der Waals surface area contributed by atoms with Crippen molar-refractivity contribution in [3.8, 4) is 11.1 Å². The second-order valence-corrected chi connectivity index (χ2v) is 13.3. The van der Waals surface area contributed by atoms with Crippen molar-refractivity contribution >= 4 is 20.1 Å². The van der Waals surface area contributed by atoms with Crippen LogP contribution < -0.4 is 23.6 Å². The fraction of sp³-hybridized carbons (Fsp3) is 0.186. The molecule has 5 N–H and O–H groups in total. The number of hydrogen-bond donors (Lipinski definition) is 5. The minimum atomic E-state index is -1.17. The third-order valence-corrected chi connectivity index (χ3v) is 8.14. The van der Waals surface area contributed by atoms with Crippen LogP contribution in [0.2, 0.25) is 13.6 Å². The van der Waals surface area contributed by atoms with Gasteiger partial charge in [0.1, 0.15) is 0 Å². The molecule has 0 aliphatic heterocycles. The Morgan fingerprint density at radius 1 is 0.527 bits per heavy atom. The highest BCUT2D eigenvalue weighted by Gasteiger charge is 2.11. The summed E-state index contributed by atoms with van der Waals surface area (Å²) >= 11 is 0. The highest BCUT2D eigenvalue weighted by atomic mass is 16.4. The fourth-order valence-electron chi connectivity index (χ4n) is 5.59. The Bertz CT molecular complexity index is 2070. The molecule has 10 nitrogen and oxygen atoms in total. The van der Waals surface area contributed by atoms with Gasteiger partial charge in [-0.25, -0.2) is 18.3 Å². The van der Waals surface area contributed by atoms with Gasteiger partial charge in [0, 0.05) is 82.9 Å². The van der Waals surface area contributed by atoms with Crippen LogP contribution in [0.3, 0.4) is 0 Å². The lowest BCUT2D eigenvalue weighted by Crippen LogP contribution is -2.35. The lowest BCUT2D eigenvalue weighted by Gasteiger charge is -2.05. The van der Waals surface area contributed by atoms with E-state index in [0.29, 0.717) is 12.1 Å². The van der Waals surface area contributed by atoms with Crippen LogP contribution in [0, 0.1) is 0 Å². The first kappa shape index (κ1) is 42.0. The van der Waals surface area contributed by atoms with Crippen molar-refractivity contribution < 1.29 is 43.2 Å². The molecular weight excluding hydrogens is 688 g/mol. The van der Waals surface area contributed by atoms with E-state index in [-0.39, 0.29) is 5.91 Å². The highest BCUT2D eigenvalue weighted by Crippen LogP contribution is 2.16. The molecule has 2 aromatic carbocycles. The number of carbonyl (C=O) groups is 1. The average molecular weight is 740 g/mol. The highest BCUT2D eigenvalue weighted by molar-refractivity contribution is 6.39. The van der Waals surface area contributed by atoms with Crippen molar-refractivity contribution in [2.75, 3.05) is 0 Å². The van der Waals surface area contributed by atoms with Crippen LogP contribution in [-0.4, -0.2) is 40.2 Å². The van der Waals surface area contributed by atoms with E-state index >= 15 is 0 Å². The number of carbonyl (C=O) groups excluding carboxylic acids is 1. The number of nitrogens with one attached hydrogen (secondary N) is 1. The van der Waals surface area contributed by atoms with Crippen LogP contribution in [0.15, 0.2) is 165 Å². The van der Waals surface area contributed by atoms with Crippen molar-refractivity contribution in [3.05, 3.63) is 193 Å². The van der Waals surface area contributed by atoms with Gasteiger partial charge in [0.2, 0.25) is 5.91 Å². The quantitative estimate of drug-likeness (QED) is 0.0751. The molecule has 0 bridgehead atoms. The Morgan fingerprint density at radius 3 is 1.20 bits per heavy atom. The summed E-state index contributed by atoms with van der Waals surface area (Å²) in [6.07, 6.45) is 16.9. The monoisotopic (exact) mass is 739 g/mol. The maximum absolute atomic E-state index is 11.8. The molecule has 0 unspecified atom stereocenters. The third-order valence-electron chi connectivity index (χ3n) is 8.14. The summed E-state index contributed by atoms with van der Waals surface area (Å²) in [6.45, 7) is 11.7. The molecular formula is C43H51B2N5O5+4. The summed E-state index contributed by atoms with van der Waals surface area (Å²) in [7, 11) is -2.33. The van der Waals surface area contributed by atoms with Crippen molar-refractivity contribution in [1.82, 2.24) is 5.32 Å². The SMILES string of the molecule is C=C(C)C(=O)NCc1cc[n+](Cc2cccc(C[n+]3ccc(-c4cc[n+](Cc5cccc(C[n+]6ccccc6)c5)cc4)cc3)c2)cc1.CB(O)O.CB(O)O. The lowest BCUT2D eigenvalue weighted by molar-refractivity contribution is -0.689. The van der Waals surface area contributed by atoms with Gasteiger partial charge in [-0.05, 0) is 49.4 Å². The zero-order valence-electron chi connectivity index (χ0n) is 31.8. The van der Waals surface area contributed by atoms with Gasteiger partial charge in [-0.15, -0.1) is 0 Å². The molecule has 0 saturated carbocycles. The van der Waals surface area contributed by atoms with Crippen molar-refractivity contribution in [1.29, 1.82) is 0 Å². The Morgan fingerprint density at radius 2 is 0.855 bits per heavy atom. The molecule has 4 aromatic heterocycles. The van der Waals surface area contributed by atoms with Gasteiger partial charge >= 0.3 is 14.2 Å². The molecule has 6 rings (SSSR count). The molecule has 0 aliphatic carbocycles. The second-order valence-electron chi connectivity index (χ2n) is 13.3. The van der Waals surface area contributed by atoms with Crippen LogP contribution in [0.25, 0.3) is 11.1 Å². The number of aromatic nitrogens is 4. The molecule has 6 aromatic rings. The van der Waals surface area contributed by atoms with Gasteiger partial charge in [0.25, 0.3) is 0 Å². The maximum Gasteiger partial charge on any atom is 0.448 e. The standard InChI is InChI=1S/C41H40N5O.2CH5BO2/c1-33(2)41(47)42-28-34-12-20-44(21-13-34)30-36-9-7-11-38(27-36)32-46-24-16-40(17-25-46)39-14-22-45(23-15-39)31-37-10-6-8-35(26-37)29-43-18-4-3-5-19-43;2*1-2(3)4/h3-27H,1,28-32H2,2H3;2*3-4H,1H3/q+3;;/p+1. The summed E-state index contributed by atoms with van der Waals surface area (Å²) in [5.74, 6) is -0.119. The van der Waals surface area contributed by atoms with Gasteiger partial charge in [-0.2, -0.15) is 0 Å². The Balaban J connectivity index is 0.000000768. The predicted octanol–water partition coefficient (Wildman–Crippen LogP) is 3.07. The molecule has 0 saturated heterocycles. The lowest BCUT2D eigenvalue weighted by atomic mass is 9.99. The predicted molar refractivity (Wildman–Crippen MR) is 214 cm³/mol. The Labute approximate surface area is 324 Å². The summed E-state index contributed by atoms with van der Waals surface area (Å²) in [5, 5.41) is 33.3. The van der Waals surface area contributed by atoms with Crippen molar-refractivity contribution in [2.45, 2.75) is 53.3 Å². The molecule has 0 fully saturated rings. The number of hydrogen-bond acceptors (Lipinski definition) is 5. The number of benzene rings is 2. The van der Waals surface area contributed by atoms with Crippen LogP contribution in [0.5, 0.6) is 0 Å². The summed E-state index contributed by atoms with van der Waals surface area (Å²) in [5.41, 5.74) is 9.06. The molecule has 280 valence electrons. The van der Waals surface area contributed by atoms with Crippen LogP contribution in [0.4, 0.5) is 0 Å². The molecule has 0 spiro atoms. The topological polar surface area (TPSA) is 126 Å². The Hall–Kier alpha value is -5.78. The third kappa shape index (κ3) is 15.6. The molecule has 12 heteroatoms. The zero-order valence-corrected chi connectivity index (χ0v) is 31.8. The van der Waals surface area contributed by atoms with E-state index < -0.39 is 14.2 Å². The number of pyridine rings is 4. The van der Waals surface area contributed by atoms with Crippen LogP contribution in [0.1, 0.15) is 34.7 Å². The van der Waals surface area contributed by atoms with E-state index in [1.54, 1.807) is 6.92 Å². The molecule has 1 amide bonds. The second kappa shape index (κ2) is 21.8. The van der Waals surface area contributed by atoms with Gasteiger partial charge in [0.15, 0.2) is 75.8 Å². The van der Waals surface area contributed by atoms with E-state index in [1.807, 2.05) is 18.2 Å². The summed E-state index contributed by atoms with van der Waals surface area (Å²) in [4.78, 5) is 11.8. The maximum atomic E-state index is 11.8. The van der Waals surface area contributed by atoms with E-state index in [9.17, 15) is 4.79 Å². The first-order chi connectivity index (χ1) is 26.4. The molecule has 4 heterocycles.